The van der Waals surface area contributed by atoms with E-state index >= 15 is 0 Å². The van der Waals surface area contributed by atoms with Crippen LogP contribution in [-0.2, 0) is 0 Å². The van der Waals surface area contributed by atoms with Crippen LogP contribution in [0.1, 0.15) is 22.2 Å². The van der Waals surface area contributed by atoms with Gasteiger partial charge in [-0.25, -0.2) is 0 Å². The number of nitrogens with one attached hydrogen (secondary N) is 1. The first-order valence-corrected chi connectivity index (χ1v) is 10.7. The molecule has 134 valence electrons. The van der Waals surface area contributed by atoms with E-state index in [1.54, 1.807) is 0 Å². The smallest absolute Gasteiger partial charge is 0.265 e. The molecule has 1 fully saturated rings. The minimum Gasteiger partial charge on any atom is -0.369 e. The van der Waals surface area contributed by atoms with E-state index < -0.39 is 0 Å². The van der Waals surface area contributed by atoms with Crippen LogP contribution < -0.4 is 10.2 Å². The van der Waals surface area contributed by atoms with Crippen molar-refractivity contribution in [3.8, 4) is 0 Å². The van der Waals surface area contributed by atoms with Crippen molar-refractivity contribution in [2.24, 2.45) is 0 Å². The van der Waals surface area contributed by atoms with Crippen molar-refractivity contribution < 1.29 is 4.79 Å². The molecule has 0 spiro atoms. The molecule has 4 nitrogen and oxygen atoms in total. The van der Waals surface area contributed by atoms with Crippen molar-refractivity contribution in [1.29, 1.82) is 0 Å². The molecule has 7 heteroatoms. The van der Waals surface area contributed by atoms with E-state index in [0.717, 1.165) is 52.2 Å². The molecular weight excluding hydrogens is 466 g/mol. The Morgan fingerprint density at radius 3 is 2.48 bits per heavy atom. The molecule has 1 aromatic carbocycles. The Morgan fingerprint density at radius 1 is 1.20 bits per heavy atom. The van der Waals surface area contributed by atoms with Gasteiger partial charge in [0, 0.05) is 42.0 Å². The molecule has 1 amide bonds. The lowest BCUT2D eigenvalue weighted by Crippen LogP contribution is -2.46. The van der Waals surface area contributed by atoms with Gasteiger partial charge in [0.05, 0.1) is 8.66 Å². The summed E-state index contributed by atoms with van der Waals surface area (Å²) in [7, 11) is 0. The zero-order valence-electron chi connectivity index (χ0n) is 14.3. The summed E-state index contributed by atoms with van der Waals surface area (Å²) < 4.78 is 1.83. The Morgan fingerprint density at radius 2 is 1.92 bits per heavy atom. The van der Waals surface area contributed by atoms with Gasteiger partial charge in [0.2, 0.25) is 0 Å². The van der Waals surface area contributed by atoms with E-state index in [-0.39, 0.29) is 5.91 Å². The summed E-state index contributed by atoms with van der Waals surface area (Å²) in [6.45, 7) is 9.69. The van der Waals surface area contributed by atoms with Crippen molar-refractivity contribution in [2.45, 2.75) is 13.8 Å². The van der Waals surface area contributed by atoms with E-state index in [4.69, 9.17) is 0 Å². The number of likely N-dealkylation sites (N-methyl/N-ethyl adjacent to an activating group) is 1. The zero-order chi connectivity index (χ0) is 18.0. The number of aryl methyl sites for hydroxylation is 1. The quantitative estimate of drug-likeness (QED) is 0.662. The van der Waals surface area contributed by atoms with Crippen LogP contribution in [0.15, 0.2) is 32.5 Å². The number of nitrogens with zero attached hydrogens (tertiary/aromatic N) is 2. The van der Waals surface area contributed by atoms with Crippen LogP contribution in [0, 0.1) is 6.92 Å². The predicted octanol–water partition coefficient (Wildman–Crippen LogP) is 4.98. The normalized spacial score (nSPS) is 15.4. The third-order valence-electron chi connectivity index (χ3n) is 4.51. The SMILES string of the molecule is CCN1CCN(c2ccc(NC(=O)c3cc(Br)c(Br)s3)c(C)c2)CC1. The maximum atomic E-state index is 12.4. The molecule has 25 heavy (non-hydrogen) atoms. The summed E-state index contributed by atoms with van der Waals surface area (Å²) in [6.07, 6.45) is 0. The molecule has 1 saturated heterocycles. The average Bonchev–Trinajstić information content (AvgIpc) is 2.96. The molecule has 0 saturated carbocycles. The van der Waals surface area contributed by atoms with Crippen LogP contribution in [0.2, 0.25) is 0 Å². The van der Waals surface area contributed by atoms with Crippen molar-refractivity contribution in [2.75, 3.05) is 42.9 Å². The maximum Gasteiger partial charge on any atom is 0.265 e. The minimum atomic E-state index is -0.0798. The first-order chi connectivity index (χ1) is 12.0. The van der Waals surface area contributed by atoms with Gasteiger partial charge >= 0.3 is 0 Å². The molecule has 1 aliphatic rings. The molecule has 1 aromatic heterocycles. The molecule has 2 aromatic rings. The maximum absolute atomic E-state index is 12.4. The Labute approximate surface area is 169 Å². The number of hydrogen-bond acceptors (Lipinski definition) is 4. The van der Waals surface area contributed by atoms with Crippen LogP contribution in [-0.4, -0.2) is 43.5 Å². The number of anilines is 2. The van der Waals surface area contributed by atoms with Crippen molar-refractivity contribution in [3.05, 3.63) is 43.0 Å². The van der Waals surface area contributed by atoms with E-state index in [1.165, 1.54) is 17.0 Å². The number of benzene rings is 1. The third-order valence-corrected chi connectivity index (χ3v) is 7.77. The Balaban J connectivity index is 1.69. The third kappa shape index (κ3) is 4.45. The lowest BCUT2D eigenvalue weighted by molar-refractivity contribution is 0.103. The molecule has 0 radical (unpaired) electrons. The van der Waals surface area contributed by atoms with Gasteiger partial charge in [-0.3, -0.25) is 4.79 Å². The average molecular weight is 487 g/mol. The fourth-order valence-electron chi connectivity index (χ4n) is 2.95. The van der Waals surface area contributed by atoms with Gasteiger partial charge in [-0.15, -0.1) is 11.3 Å². The molecule has 1 aliphatic heterocycles. The first-order valence-electron chi connectivity index (χ1n) is 8.32. The highest BCUT2D eigenvalue weighted by Gasteiger charge is 2.17. The Hall–Kier alpha value is -0.890. The van der Waals surface area contributed by atoms with Crippen molar-refractivity contribution >= 4 is 60.5 Å². The van der Waals surface area contributed by atoms with Crippen molar-refractivity contribution in [1.82, 2.24) is 4.90 Å². The molecule has 0 unspecified atom stereocenters. The zero-order valence-corrected chi connectivity index (χ0v) is 18.3. The largest absolute Gasteiger partial charge is 0.369 e. The van der Waals surface area contributed by atoms with E-state index in [2.05, 4.69) is 66.0 Å². The summed E-state index contributed by atoms with van der Waals surface area (Å²) in [5.41, 5.74) is 3.17. The number of amides is 1. The van der Waals surface area contributed by atoms with E-state index in [9.17, 15) is 4.79 Å². The van der Waals surface area contributed by atoms with Gasteiger partial charge in [-0.1, -0.05) is 6.92 Å². The number of carbonyl (C=O) groups excluding carboxylic acids is 1. The second-order valence-corrected chi connectivity index (χ2v) is 9.33. The number of thiophene rings is 1. The topological polar surface area (TPSA) is 35.6 Å². The number of hydrogen-bond donors (Lipinski definition) is 1. The highest BCUT2D eigenvalue weighted by atomic mass is 79.9. The summed E-state index contributed by atoms with van der Waals surface area (Å²) in [5, 5.41) is 3.02. The molecule has 0 aliphatic carbocycles. The number of halogens is 2. The van der Waals surface area contributed by atoms with Crippen LogP contribution in [0.25, 0.3) is 0 Å². The second kappa shape index (κ2) is 8.20. The van der Waals surface area contributed by atoms with Crippen LogP contribution in [0.5, 0.6) is 0 Å². The second-order valence-electron chi connectivity index (χ2n) is 6.11. The van der Waals surface area contributed by atoms with Gasteiger partial charge < -0.3 is 15.1 Å². The first kappa shape index (κ1) is 18.9. The standard InChI is InChI=1S/C18H21Br2N3OS/c1-3-22-6-8-23(9-7-22)13-4-5-15(12(2)10-13)21-18(24)16-11-14(19)17(20)25-16/h4-5,10-11H,3,6-9H2,1-2H3,(H,21,24). The van der Waals surface area contributed by atoms with Gasteiger partial charge in [0.15, 0.2) is 0 Å². The van der Waals surface area contributed by atoms with Gasteiger partial charge in [0.1, 0.15) is 0 Å². The highest BCUT2D eigenvalue weighted by molar-refractivity contribution is 9.13. The molecule has 0 atom stereocenters. The molecule has 1 N–H and O–H groups in total. The monoisotopic (exact) mass is 485 g/mol. The van der Waals surface area contributed by atoms with Crippen LogP contribution in [0.4, 0.5) is 11.4 Å². The molecule has 2 heterocycles. The summed E-state index contributed by atoms with van der Waals surface area (Å²) in [4.78, 5) is 18.0. The lowest BCUT2D eigenvalue weighted by atomic mass is 10.1. The summed E-state index contributed by atoms with van der Waals surface area (Å²) >= 11 is 8.27. The van der Waals surface area contributed by atoms with Crippen LogP contribution in [0.3, 0.4) is 0 Å². The Bertz CT molecular complexity index is 750. The molecule has 0 bridgehead atoms. The minimum absolute atomic E-state index is 0.0798. The van der Waals surface area contributed by atoms with E-state index in [1.807, 2.05) is 19.1 Å². The number of rotatable bonds is 4. The summed E-state index contributed by atoms with van der Waals surface area (Å²) in [5.74, 6) is -0.0798. The fraction of sp³-hybridized carbons (Fsp3) is 0.389. The lowest BCUT2D eigenvalue weighted by Gasteiger charge is -2.35. The number of carbonyl (C=O) groups is 1. The molecular formula is C18H21Br2N3OS. The number of piperazine rings is 1. The van der Waals surface area contributed by atoms with Gasteiger partial charge in [-0.2, -0.15) is 0 Å². The van der Waals surface area contributed by atoms with Crippen molar-refractivity contribution in [3.63, 3.8) is 0 Å². The summed E-state index contributed by atoms with van der Waals surface area (Å²) in [6, 6.07) is 8.11. The van der Waals surface area contributed by atoms with Gasteiger partial charge in [-0.05, 0) is 75.2 Å². The van der Waals surface area contributed by atoms with Gasteiger partial charge in [0.25, 0.3) is 5.91 Å². The van der Waals surface area contributed by atoms with E-state index in [0.29, 0.717) is 4.88 Å². The van der Waals surface area contributed by atoms with Crippen LogP contribution >= 0.6 is 43.2 Å². The Kier molecular flexibility index (Phi) is 6.20. The highest BCUT2D eigenvalue weighted by Crippen LogP contribution is 2.33. The molecule has 3 rings (SSSR count). The predicted molar refractivity (Wildman–Crippen MR) is 113 cm³/mol. The fourth-order valence-corrected chi connectivity index (χ4v) is 4.88.